The van der Waals surface area contributed by atoms with Crippen LogP contribution < -0.4 is 5.32 Å². The number of amides is 1. The Morgan fingerprint density at radius 3 is 2.55 bits per heavy atom. The van der Waals surface area contributed by atoms with Gasteiger partial charge >= 0.3 is 5.97 Å². The lowest BCUT2D eigenvalue weighted by atomic mass is 10.1. The Kier molecular flexibility index (Phi) is 3.81. The molecule has 1 atom stereocenters. The minimum Gasteiger partial charge on any atom is -0.478 e. The molecule has 4 nitrogen and oxygen atoms in total. The fourth-order valence-corrected chi connectivity index (χ4v) is 3.34. The molecule has 2 aromatic carbocycles. The first-order valence-corrected chi connectivity index (χ1v) is 7.57. The van der Waals surface area contributed by atoms with E-state index in [0.29, 0.717) is 5.69 Å². The number of fused-ring (bicyclic) bond motifs is 3. The minimum atomic E-state index is -1.15. The van der Waals surface area contributed by atoms with Crippen LogP contribution in [0.5, 0.6) is 0 Å². The summed E-state index contributed by atoms with van der Waals surface area (Å²) in [6.07, 6.45) is 1.81. The standard InChI is InChI=1S/C17H12BrNO3/c18-17-13-4-2-1-3-11(13)12-6-5-10(9-14(12)17)19-15(20)7-8-16(21)22/h1-9,17H,(H,19,20)(H,21,22)/b8-7+/t17-/m0/s1. The number of rotatable bonds is 3. The number of benzene rings is 2. The van der Waals surface area contributed by atoms with Gasteiger partial charge in [-0.05, 0) is 34.4 Å². The molecule has 0 saturated heterocycles. The van der Waals surface area contributed by atoms with Crippen molar-refractivity contribution in [3.63, 3.8) is 0 Å². The molecule has 0 spiro atoms. The highest BCUT2D eigenvalue weighted by Gasteiger charge is 2.26. The lowest BCUT2D eigenvalue weighted by molar-refractivity contribution is -0.131. The molecular formula is C17H12BrNO3. The van der Waals surface area contributed by atoms with E-state index in [-0.39, 0.29) is 4.83 Å². The van der Waals surface area contributed by atoms with Crippen molar-refractivity contribution in [2.75, 3.05) is 5.32 Å². The summed E-state index contributed by atoms with van der Waals surface area (Å²) in [5.74, 6) is -1.62. The monoisotopic (exact) mass is 357 g/mol. The van der Waals surface area contributed by atoms with Crippen molar-refractivity contribution in [2.24, 2.45) is 0 Å². The summed E-state index contributed by atoms with van der Waals surface area (Å²) in [5, 5.41) is 11.2. The lowest BCUT2D eigenvalue weighted by Crippen LogP contribution is -2.08. The predicted octanol–water partition coefficient (Wildman–Crippen LogP) is 3.73. The van der Waals surface area contributed by atoms with E-state index in [1.807, 2.05) is 30.3 Å². The van der Waals surface area contributed by atoms with Crippen molar-refractivity contribution >= 4 is 33.5 Å². The van der Waals surface area contributed by atoms with E-state index in [1.165, 1.54) is 11.1 Å². The maximum absolute atomic E-state index is 11.6. The summed E-state index contributed by atoms with van der Waals surface area (Å²) < 4.78 is 0. The fraction of sp³-hybridized carbons (Fsp3) is 0.0588. The van der Waals surface area contributed by atoms with Gasteiger partial charge in [-0.25, -0.2) is 4.79 Å². The number of hydrogen-bond donors (Lipinski definition) is 2. The largest absolute Gasteiger partial charge is 0.478 e. The van der Waals surface area contributed by atoms with Crippen LogP contribution in [0.15, 0.2) is 54.6 Å². The number of anilines is 1. The molecule has 5 heteroatoms. The Balaban J connectivity index is 1.87. The molecule has 1 aliphatic rings. The number of hydrogen-bond acceptors (Lipinski definition) is 2. The fourth-order valence-electron chi connectivity index (χ4n) is 2.56. The third kappa shape index (κ3) is 2.67. The first-order chi connectivity index (χ1) is 10.6. The topological polar surface area (TPSA) is 66.4 Å². The number of carboxylic acid groups (broad SMARTS) is 1. The zero-order valence-electron chi connectivity index (χ0n) is 11.4. The molecule has 0 saturated carbocycles. The first-order valence-electron chi connectivity index (χ1n) is 6.65. The summed E-state index contributed by atoms with van der Waals surface area (Å²) in [4.78, 5) is 22.1. The Hall–Kier alpha value is -2.40. The van der Waals surface area contributed by atoms with Crippen molar-refractivity contribution in [3.05, 3.63) is 65.7 Å². The normalized spacial score (nSPS) is 15.4. The molecule has 2 N–H and O–H groups in total. The second-order valence-electron chi connectivity index (χ2n) is 4.91. The van der Waals surface area contributed by atoms with E-state index < -0.39 is 11.9 Å². The molecule has 2 aromatic rings. The predicted molar refractivity (Wildman–Crippen MR) is 88.1 cm³/mol. The molecule has 0 aliphatic heterocycles. The highest BCUT2D eigenvalue weighted by molar-refractivity contribution is 9.09. The van der Waals surface area contributed by atoms with Crippen LogP contribution in [0, 0.1) is 0 Å². The lowest BCUT2D eigenvalue weighted by Gasteiger charge is -2.08. The molecule has 110 valence electrons. The van der Waals surface area contributed by atoms with E-state index in [4.69, 9.17) is 5.11 Å². The molecule has 0 unspecified atom stereocenters. The van der Waals surface area contributed by atoms with Crippen LogP contribution in [-0.2, 0) is 9.59 Å². The van der Waals surface area contributed by atoms with Crippen molar-refractivity contribution in [1.29, 1.82) is 0 Å². The average Bonchev–Trinajstić information content (AvgIpc) is 2.79. The van der Waals surface area contributed by atoms with Crippen molar-refractivity contribution in [3.8, 4) is 11.1 Å². The van der Waals surface area contributed by atoms with Crippen LogP contribution in [-0.4, -0.2) is 17.0 Å². The smallest absolute Gasteiger partial charge is 0.328 e. The Morgan fingerprint density at radius 2 is 1.77 bits per heavy atom. The highest BCUT2D eigenvalue weighted by Crippen LogP contribution is 2.48. The quantitative estimate of drug-likeness (QED) is 0.649. The zero-order chi connectivity index (χ0) is 15.7. The first kappa shape index (κ1) is 14.5. The van der Waals surface area contributed by atoms with Crippen LogP contribution in [0.1, 0.15) is 16.0 Å². The Morgan fingerprint density at radius 1 is 1.05 bits per heavy atom. The SMILES string of the molecule is O=C(O)/C=C/C(=O)Nc1ccc2c(c1)[C@@H](Br)c1ccccc1-2. The summed E-state index contributed by atoms with van der Waals surface area (Å²) >= 11 is 3.68. The number of halogens is 1. The molecule has 1 amide bonds. The van der Waals surface area contributed by atoms with Crippen LogP contribution in [0.2, 0.25) is 0 Å². The summed E-state index contributed by atoms with van der Waals surface area (Å²) in [7, 11) is 0. The van der Waals surface area contributed by atoms with E-state index in [2.05, 4.69) is 33.4 Å². The maximum atomic E-state index is 11.6. The van der Waals surface area contributed by atoms with Crippen molar-refractivity contribution < 1.29 is 14.7 Å². The molecule has 22 heavy (non-hydrogen) atoms. The third-order valence-electron chi connectivity index (χ3n) is 3.49. The zero-order valence-corrected chi connectivity index (χ0v) is 13.0. The van der Waals surface area contributed by atoms with Gasteiger partial charge in [0.05, 0.1) is 4.83 Å². The van der Waals surface area contributed by atoms with Crippen molar-refractivity contribution in [1.82, 2.24) is 0 Å². The average molecular weight is 358 g/mol. The number of carboxylic acids is 1. The van der Waals surface area contributed by atoms with Gasteiger partial charge in [-0.3, -0.25) is 4.79 Å². The van der Waals surface area contributed by atoms with Crippen LogP contribution in [0.4, 0.5) is 5.69 Å². The number of nitrogens with one attached hydrogen (secondary N) is 1. The number of aliphatic carboxylic acids is 1. The number of carbonyl (C=O) groups is 2. The minimum absolute atomic E-state index is 0.0881. The van der Waals surface area contributed by atoms with E-state index >= 15 is 0 Å². The molecule has 0 radical (unpaired) electrons. The second kappa shape index (κ2) is 5.77. The third-order valence-corrected chi connectivity index (χ3v) is 4.48. The van der Waals surface area contributed by atoms with Gasteiger partial charge in [0, 0.05) is 17.8 Å². The maximum Gasteiger partial charge on any atom is 0.328 e. The summed E-state index contributed by atoms with van der Waals surface area (Å²) in [6, 6.07) is 13.8. The van der Waals surface area contributed by atoms with Gasteiger partial charge in [-0.1, -0.05) is 46.3 Å². The van der Waals surface area contributed by atoms with E-state index in [0.717, 1.165) is 23.3 Å². The molecule has 3 rings (SSSR count). The van der Waals surface area contributed by atoms with Gasteiger partial charge in [0.15, 0.2) is 0 Å². The van der Waals surface area contributed by atoms with Gasteiger partial charge < -0.3 is 10.4 Å². The van der Waals surface area contributed by atoms with Crippen molar-refractivity contribution in [2.45, 2.75) is 4.83 Å². The summed E-state index contributed by atoms with van der Waals surface area (Å²) in [6.45, 7) is 0. The molecule has 0 heterocycles. The number of carbonyl (C=O) groups excluding carboxylic acids is 1. The van der Waals surface area contributed by atoms with Gasteiger partial charge in [0.1, 0.15) is 0 Å². The van der Waals surface area contributed by atoms with Crippen LogP contribution in [0.3, 0.4) is 0 Å². The van der Waals surface area contributed by atoms with Gasteiger partial charge in [-0.15, -0.1) is 0 Å². The van der Waals surface area contributed by atoms with Crippen LogP contribution >= 0.6 is 15.9 Å². The van der Waals surface area contributed by atoms with Gasteiger partial charge in [0.25, 0.3) is 0 Å². The molecular weight excluding hydrogens is 346 g/mol. The van der Waals surface area contributed by atoms with Gasteiger partial charge in [0.2, 0.25) is 5.91 Å². The summed E-state index contributed by atoms with van der Waals surface area (Å²) in [5.41, 5.74) is 5.24. The molecule has 1 aliphatic carbocycles. The molecule has 0 bridgehead atoms. The van der Waals surface area contributed by atoms with Crippen LogP contribution in [0.25, 0.3) is 11.1 Å². The Labute approximate surface area is 135 Å². The van der Waals surface area contributed by atoms with E-state index in [9.17, 15) is 9.59 Å². The second-order valence-corrected chi connectivity index (χ2v) is 5.83. The molecule has 0 aromatic heterocycles. The van der Waals surface area contributed by atoms with Gasteiger partial charge in [-0.2, -0.15) is 0 Å². The number of alkyl halides is 1. The Bertz CT molecular complexity index is 798. The molecule has 0 fully saturated rings. The highest BCUT2D eigenvalue weighted by atomic mass is 79.9. The van der Waals surface area contributed by atoms with E-state index in [1.54, 1.807) is 0 Å².